The molecule has 0 aliphatic carbocycles. The summed E-state index contributed by atoms with van der Waals surface area (Å²) >= 11 is 0. The average Bonchev–Trinajstić information content (AvgIpc) is 2.39. The van der Waals surface area contributed by atoms with Crippen LogP contribution in [0.15, 0.2) is 30.3 Å². The van der Waals surface area contributed by atoms with Crippen LogP contribution in [0, 0.1) is 0 Å². The summed E-state index contributed by atoms with van der Waals surface area (Å²) < 4.78 is 30.4. The van der Waals surface area contributed by atoms with E-state index in [4.69, 9.17) is 4.74 Å². The van der Waals surface area contributed by atoms with Crippen LogP contribution in [0.25, 0.3) is 0 Å². The van der Waals surface area contributed by atoms with Gasteiger partial charge in [0.05, 0.1) is 0 Å². The first-order valence-electron chi connectivity index (χ1n) is 7.10. The third-order valence-corrected chi connectivity index (χ3v) is 5.00. The van der Waals surface area contributed by atoms with Crippen LogP contribution in [0.3, 0.4) is 0 Å². The molecule has 1 rings (SSSR count). The Bertz CT molecular complexity index is 538. The normalized spacial score (nSPS) is 13.1. The molecule has 1 aromatic rings. The number of ether oxygens (including phenoxy) is 1. The third kappa shape index (κ3) is 5.85. The molecule has 0 aliphatic rings. The molecule has 0 bridgehead atoms. The molecule has 0 fully saturated rings. The van der Waals surface area contributed by atoms with Gasteiger partial charge in [-0.25, -0.2) is 12.7 Å². The number of hydrogen-bond donors (Lipinski definition) is 0. The van der Waals surface area contributed by atoms with Gasteiger partial charge in [0, 0.05) is 19.5 Å². The first-order valence-corrected chi connectivity index (χ1v) is 8.71. The Morgan fingerprint density at radius 1 is 1.19 bits per heavy atom. The maximum atomic E-state index is 12.0. The summed E-state index contributed by atoms with van der Waals surface area (Å²) in [5, 5.41) is 0. The van der Waals surface area contributed by atoms with E-state index in [2.05, 4.69) is 0 Å². The lowest BCUT2D eigenvalue weighted by molar-refractivity contribution is -0.144. The van der Waals surface area contributed by atoms with E-state index in [0.717, 1.165) is 5.56 Å². The Balaban J connectivity index is 2.53. The summed E-state index contributed by atoms with van der Waals surface area (Å²) in [6, 6.07) is 9.62. The summed E-state index contributed by atoms with van der Waals surface area (Å²) in [5.74, 6) is -1.31. The molecule has 6 heteroatoms. The maximum absolute atomic E-state index is 12.0. The van der Waals surface area contributed by atoms with Crippen LogP contribution in [0.1, 0.15) is 26.3 Å². The summed E-state index contributed by atoms with van der Waals surface area (Å²) in [4.78, 5) is 11.8. The number of rotatable bonds is 8. The van der Waals surface area contributed by atoms with Gasteiger partial charge in [0.15, 0.2) is 5.75 Å². The van der Waals surface area contributed by atoms with Crippen LogP contribution in [0.4, 0.5) is 0 Å². The quantitative estimate of drug-likeness (QED) is 0.687. The van der Waals surface area contributed by atoms with Gasteiger partial charge in [-0.05, 0) is 12.5 Å². The van der Waals surface area contributed by atoms with Crippen molar-refractivity contribution >= 4 is 16.0 Å². The van der Waals surface area contributed by atoms with Crippen molar-refractivity contribution in [2.75, 3.05) is 18.8 Å². The second-order valence-electron chi connectivity index (χ2n) is 4.83. The minimum absolute atomic E-state index is 0.353. The fourth-order valence-corrected chi connectivity index (χ4v) is 3.44. The van der Waals surface area contributed by atoms with Gasteiger partial charge in [0.2, 0.25) is 10.0 Å². The van der Waals surface area contributed by atoms with E-state index in [1.165, 1.54) is 4.31 Å². The van der Waals surface area contributed by atoms with Crippen molar-refractivity contribution in [3.8, 4) is 0 Å². The molecule has 1 aromatic carbocycles. The van der Waals surface area contributed by atoms with E-state index in [1.807, 2.05) is 30.3 Å². The Kier molecular flexibility index (Phi) is 6.84. The molecule has 0 spiro atoms. The molecule has 5 nitrogen and oxygen atoms in total. The van der Waals surface area contributed by atoms with Gasteiger partial charge >= 0.3 is 5.97 Å². The SMILES string of the molecule is CCN(CC)S(=O)(=O)CC(=O)O[C@H](C)Cc1ccccc1. The number of benzene rings is 1. The van der Waals surface area contributed by atoms with Gasteiger partial charge in [-0.2, -0.15) is 0 Å². The van der Waals surface area contributed by atoms with Gasteiger partial charge in [0.1, 0.15) is 6.10 Å². The standard InChI is InChI=1S/C15H23NO4S/c1-4-16(5-2)21(18,19)12-15(17)20-13(3)11-14-9-7-6-8-10-14/h6-10,13H,4-5,11-12H2,1-3H3/t13-/m1/s1. The monoisotopic (exact) mass is 313 g/mol. The van der Waals surface area contributed by atoms with Gasteiger partial charge in [-0.3, -0.25) is 4.79 Å². The van der Waals surface area contributed by atoms with Crippen LogP contribution in [-0.4, -0.2) is 43.6 Å². The predicted molar refractivity (Wildman–Crippen MR) is 82.4 cm³/mol. The first kappa shape index (κ1) is 17.7. The molecule has 0 aromatic heterocycles. The zero-order chi connectivity index (χ0) is 15.9. The van der Waals surface area contributed by atoms with E-state index in [-0.39, 0.29) is 6.10 Å². The van der Waals surface area contributed by atoms with Crippen LogP contribution in [-0.2, 0) is 26.0 Å². The number of hydrogen-bond acceptors (Lipinski definition) is 4. The minimum atomic E-state index is -3.58. The smallest absolute Gasteiger partial charge is 0.322 e. The molecule has 0 N–H and O–H groups in total. The van der Waals surface area contributed by atoms with Crippen molar-refractivity contribution in [3.63, 3.8) is 0 Å². The van der Waals surface area contributed by atoms with E-state index < -0.39 is 21.7 Å². The van der Waals surface area contributed by atoms with E-state index >= 15 is 0 Å². The Morgan fingerprint density at radius 2 is 1.76 bits per heavy atom. The lowest BCUT2D eigenvalue weighted by Gasteiger charge is -2.19. The van der Waals surface area contributed by atoms with E-state index in [0.29, 0.717) is 19.5 Å². The molecule has 0 radical (unpaired) electrons. The van der Waals surface area contributed by atoms with Gasteiger partial charge in [0.25, 0.3) is 0 Å². The second-order valence-corrected chi connectivity index (χ2v) is 6.80. The molecule has 21 heavy (non-hydrogen) atoms. The highest BCUT2D eigenvalue weighted by molar-refractivity contribution is 7.89. The molecule has 0 unspecified atom stereocenters. The molecule has 118 valence electrons. The highest BCUT2D eigenvalue weighted by Gasteiger charge is 2.24. The Hall–Kier alpha value is -1.40. The molecule has 0 aliphatic heterocycles. The van der Waals surface area contributed by atoms with Gasteiger partial charge < -0.3 is 4.74 Å². The lowest BCUT2D eigenvalue weighted by Crippen LogP contribution is -2.36. The average molecular weight is 313 g/mol. The van der Waals surface area contributed by atoms with Crippen molar-refractivity contribution in [3.05, 3.63) is 35.9 Å². The third-order valence-electron chi connectivity index (χ3n) is 3.10. The van der Waals surface area contributed by atoms with Crippen LogP contribution in [0.2, 0.25) is 0 Å². The number of nitrogens with zero attached hydrogens (tertiary/aromatic N) is 1. The molecule has 0 heterocycles. The number of carbonyl (C=O) groups is 1. The lowest BCUT2D eigenvalue weighted by atomic mass is 10.1. The maximum Gasteiger partial charge on any atom is 0.322 e. The van der Waals surface area contributed by atoms with Crippen molar-refractivity contribution in [1.29, 1.82) is 0 Å². The number of esters is 1. The van der Waals surface area contributed by atoms with Crippen LogP contribution < -0.4 is 0 Å². The van der Waals surface area contributed by atoms with Gasteiger partial charge in [-0.15, -0.1) is 0 Å². The second kappa shape index (κ2) is 8.14. The molecule has 1 atom stereocenters. The van der Waals surface area contributed by atoms with Gasteiger partial charge in [-0.1, -0.05) is 44.2 Å². The van der Waals surface area contributed by atoms with Crippen molar-refractivity contribution in [2.45, 2.75) is 33.3 Å². The summed E-state index contributed by atoms with van der Waals surface area (Å²) in [7, 11) is -3.58. The van der Waals surface area contributed by atoms with Crippen molar-refractivity contribution in [1.82, 2.24) is 4.31 Å². The fraction of sp³-hybridized carbons (Fsp3) is 0.533. The van der Waals surface area contributed by atoms with Crippen molar-refractivity contribution in [2.24, 2.45) is 0 Å². The predicted octanol–water partition coefficient (Wildman–Crippen LogP) is 1.83. The van der Waals surface area contributed by atoms with E-state index in [1.54, 1.807) is 20.8 Å². The minimum Gasteiger partial charge on any atom is -0.462 e. The molecule has 0 amide bonds. The fourth-order valence-electron chi connectivity index (χ4n) is 2.10. The Morgan fingerprint density at radius 3 is 2.29 bits per heavy atom. The summed E-state index contributed by atoms with van der Waals surface area (Å²) in [6.07, 6.45) is 0.213. The number of carbonyl (C=O) groups excluding carboxylic acids is 1. The highest BCUT2D eigenvalue weighted by Crippen LogP contribution is 2.07. The molecular weight excluding hydrogens is 290 g/mol. The first-order chi connectivity index (χ1) is 9.89. The summed E-state index contributed by atoms with van der Waals surface area (Å²) in [6.45, 7) is 5.95. The summed E-state index contributed by atoms with van der Waals surface area (Å²) in [5.41, 5.74) is 1.05. The Labute approximate surface area is 127 Å². The van der Waals surface area contributed by atoms with Crippen molar-refractivity contribution < 1.29 is 17.9 Å². The largest absolute Gasteiger partial charge is 0.462 e. The van der Waals surface area contributed by atoms with Crippen LogP contribution in [0.5, 0.6) is 0 Å². The highest BCUT2D eigenvalue weighted by atomic mass is 32.2. The molecule has 0 saturated heterocycles. The number of sulfonamides is 1. The topological polar surface area (TPSA) is 63.7 Å². The van der Waals surface area contributed by atoms with Crippen LogP contribution >= 0.6 is 0 Å². The molecule has 0 saturated carbocycles. The zero-order valence-corrected chi connectivity index (χ0v) is 13.6. The molecular formula is C15H23NO4S. The zero-order valence-electron chi connectivity index (χ0n) is 12.8. The van der Waals surface area contributed by atoms with E-state index in [9.17, 15) is 13.2 Å².